The largest absolute Gasteiger partial charge is 0.449 e. The van der Waals surface area contributed by atoms with Gasteiger partial charge in [-0.3, -0.25) is 4.79 Å². The molecule has 0 radical (unpaired) electrons. The minimum Gasteiger partial charge on any atom is -0.449 e. The maximum atomic E-state index is 13.0. The van der Waals surface area contributed by atoms with Crippen molar-refractivity contribution < 1.29 is 23.5 Å². The van der Waals surface area contributed by atoms with Gasteiger partial charge in [0, 0.05) is 5.69 Å². The molecule has 0 bridgehead atoms. The van der Waals surface area contributed by atoms with E-state index in [4.69, 9.17) is 22.1 Å². The first-order chi connectivity index (χ1) is 12.3. The minimum atomic E-state index is -1.14. The summed E-state index contributed by atoms with van der Waals surface area (Å²) in [5.74, 6) is -1.96. The SMILES string of the molecule is C[C@@H](OC(=O)c1cccc(NC(N)=O)c1)C(=O)Nc1ccc(F)cc1Cl. The van der Waals surface area contributed by atoms with Gasteiger partial charge in [-0.05, 0) is 43.3 Å². The molecule has 7 nitrogen and oxygen atoms in total. The third kappa shape index (κ3) is 5.18. The van der Waals surface area contributed by atoms with Crippen LogP contribution in [-0.2, 0) is 9.53 Å². The van der Waals surface area contributed by atoms with E-state index in [-0.39, 0.29) is 16.3 Å². The van der Waals surface area contributed by atoms with E-state index in [9.17, 15) is 18.8 Å². The molecule has 0 aliphatic rings. The van der Waals surface area contributed by atoms with Crippen molar-refractivity contribution in [2.45, 2.75) is 13.0 Å². The third-order valence-corrected chi connectivity index (χ3v) is 3.52. The van der Waals surface area contributed by atoms with Crippen molar-refractivity contribution >= 4 is 40.9 Å². The summed E-state index contributed by atoms with van der Waals surface area (Å²) in [6.45, 7) is 1.37. The van der Waals surface area contributed by atoms with Gasteiger partial charge in [-0.2, -0.15) is 0 Å². The van der Waals surface area contributed by atoms with Crippen LogP contribution in [0.25, 0.3) is 0 Å². The number of hydrogen-bond donors (Lipinski definition) is 3. The molecule has 0 saturated heterocycles. The van der Waals surface area contributed by atoms with E-state index < -0.39 is 29.8 Å². The molecule has 9 heteroatoms. The molecule has 2 rings (SSSR count). The number of anilines is 2. The predicted molar refractivity (Wildman–Crippen MR) is 94.6 cm³/mol. The maximum absolute atomic E-state index is 13.0. The van der Waals surface area contributed by atoms with Crippen molar-refractivity contribution in [3.63, 3.8) is 0 Å². The Morgan fingerprint density at radius 2 is 1.88 bits per heavy atom. The quantitative estimate of drug-likeness (QED) is 0.693. The Hall–Kier alpha value is -3.13. The zero-order valence-electron chi connectivity index (χ0n) is 13.6. The Balaban J connectivity index is 2.01. The molecule has 0 aliphatic heterocycles. The zero-order valence-corrected chi connectivity index (χ0v) is 14.3. The molecule has 0 aliphatic carbocycles. The lowest BCUT2D eigenvalue weighted by Crippen LogP contribution is -2.30. The number of hydrogen-bond acceptors (Lipinski definition) is 4. The highest BCUT2D eigenvalue weighted by Crippen LogP contribution is 2.22. The number of nitrogens with one attached hydrogen (secondary N) is 2. The van der Waals surface area contributed by atoms with E-state index in [1.165, 1.54) is 37.3 Å². The van der Waals surface area contributed by atoms with Gasteiger partial charge in [-0.25, -0.2) is 14.0 Å². The van der Waals surface area contributed by atoms with E-state index >= 15 is 0 Å². The van der Waals surface area contributed by atoms with E-state index in [0.717, 1.165) is 12.1 Å². The molecule has 1 atom stereocenters. The van der Waals surface area contributed by atoms with Crippen molar-refractivity contribution in [3.8, 4) is 0 Å². The summed E-state index contributed by atoms with van der Waals surface area (Å²) in [6.07, 6.45) is -1.14. The van der Waals surface area contributed by atoms with Crippen LogP contribution in [0.15, 0.2) is 42.5 Å². The van der Waals surface area contributed by atoms with Crippen LogP contribution >= 0.6 is 11.6 Å². The molecule has 0 unspecified atom stereocenters. The van der Waals surface area contributed by atoms with Crippen molar-refractivity contribution in [1.29, 1.82) is 0 Å². The number of esters is 1. The highest BCUT2D eigenvalue weighted by Gasteiger charge is 2.20. The van der Waals surface area contributed by atoms with Gasteiger partial charge in [0.05, 0.1) is 16.3 Å². The molecule has 4 N–H and O–H groups in total. The number of nitrogens with two attached hydrogens (primary N) is 1. The minimum absolute atomic E-state index is 0.0158. The summed E-state index contributed by atoms with van der Waals surface area (Å²) in [7, 11) is 0. The molecule has 26 heavy (non-hydrogen) atoms. The maximum Gasteiger partial charge on any atom is 0.338 e. The van der Waals surface area contributed by atoms with Crippen LogP contribution in [-0.4, -0.2) is 24.0 Å². The fourth-order valence-electron chi connectivity index (χ4n) is 1.97. The number of halogens is 2. The van der Waals surface area contributed by atoms with E-state index in [2.05, 4.69) is 10.6 Å². The number of carbonyl (C=O) groups is 3. The summed E-state index contributed by atoms with van der Waals surface area (Å²) in [5, 5.41) is 4.79. The van der Waals surface area contributed by atoms with Gasteiger partial charge in [0.2, 0.25) is 0 Å². The Morgan fingerprint density at radius 3 is 2.54 bits per heavy atom. The first-order valence-corrected chi connectivity index (χ1v) is 7.77. The molecule has 136 valence electrons. The number of primary amides is 1. The standard InChI is InChI=1S/C17H15ClFN3O4/c1-9(15(23)22-14-6-5-11(19)8-13(14)18)26-16(24)10-3-2-4-12(7-10)21-17(20)25/h2-9H,1H3,(H,22,23)(H3,20,21,25)/t9-/m1/s1. The summed E-state index contributed by atoms with van der Waals surface area (Å²) in [4.78, 5) is 35.1. The monoisotopic (exact) mass is 379 g/mol. The van der Waals surface area contributed by atoms with Crippen LogP contribution in [0.1, 0.15) is 17.3 Å². The van der Waals surface area contributed by atoms with Gasteiger partial charge in [0.25, 0.3) is 5.91 Å². The molecule has 2 aromatic rings. The van der Waals surface area contributed by atoms with Crippen molar-refractivity contribution in [1.82, 2.24) is 0 Å². The topological polar surface area (TPSA) is 111 Å². The number of rotatable bonds is 5. The van der Waals surface area contributed by atoms with E-state index in [1.807, 2.05) is 0 Å². The van der Waals surface area contributed by atoms with Crippen molar-refractivity contribution in [3.05, 3.63) is 58.9 Å². The van der Waals surface area contributed by atoms with Crippen LogP contribution in [0.3, 0.4) is 0 Å². The first kappa shape index (κ1) is 19.2. The number of carbonyl (C=O) groups excluding carboxylic acids is 3. The normalized spacial score (nSPS) is 11.3. The lowest BCUT2D eigenvalue weighted by Gasteiger charge is -2.14. The van der Waals surface area contributed by atoms with Crippen LogP contribution in [0.5, 0.6) is 0 Å². The number of benzene rings is 2. The van der Waals surface area contributed by atoms with Gasteiger partial charge in [-0.15, -0.1) is 0 Å². The number of urea groups is 1. The Morgan fingerprint density at radius 1 is 1.15 bits per heavy atom. The third-order valence-electron chi connectivity index (χ3n) is 3.21. The number of ether oxygens (including phenoxy) is 1. The highest BCUT2D eigenvalue weighted by molar-refractivity contribution is 6.33. The fourth-order valence-corrected chi connectivity index (χ4v) is 2.19. The van der Waals surface area contributed by atoms with Crippen LogP contribution < -0.4 is 16.4 Å². The lowest BCUT2D eigenvalue weighted by atomic mass is 10.2. The van der Waals surface area contributed by atoms with E-state index in [0.29, 0.717) is 5.69 Å². The van der Waals surface area contributed by atoms with Gasteiger partial charge < -0.3 is 21.1 Å². The fraction of sp³-hybridized carbons (Fsp3) is 0.118. The first-order valence-electron chi connectivity index (χ1n) is 7.39. The van der Waals surface area contributed by atoms with Crippen LogP contribution in [0.2, 0.25) is 5.02 Å². The molecular weight excluding hydrogens is 365 g/mol. The average molecular weight is 380 g/mol. The number of amides is 3. The molecule has 0 aromatic heterocycles. The molecular formula is C17H15ClFN3O4. The van der Waals surface area contributed by atoms with Crippen molar-refractivity contribution in [2.75, 3.05) is 10.6 Å². The molecule has 3 amide bonds. The second-order valence-electron chi connectivity index (χ2n) is 5.23. The van der Waals surface area contributed by atoms with Gasteiger partial charge in [0.1, 0.15) is 5.82 Å². The smallest absolute Gasteiger partial charge is 0.338 e. The van der Waals surface area contributed by atoms with Gasteiger partial charge in [-0.1, -0.05) is 17.7 Å². The summed E-state index contributed by atoms with van der Waals surface area (Å²) in [5.41, 5.74) is 5.63. The zero-order chi connectivity index (χ0) is 19.3. The van der Waals surface area contributed by atoms with Gasteiger partial charge >= 0.3 is 12.0 Å². The molecule has 0 heterocycles. The highest BCUT2D eigenvalue weighted by atomic mass is 35.5. The average Bonchev–Trinajstić information content (AvgIpc) is 2.56. The summed E-state index contributed by atoms with van der Waals surface area (Å²) < 4.78 is 18.1. The molecule has 0 saturated carbocycles. The molecule has 2 aromatic carbocycles. The van der Waals surface area contributed by atoms with Crippen molar-refractivity contribution in [2.24, 2.45) is 5.73 Å². The van der Waals surface area contributed by atoms with E-state index in [1.54, 1.807) is 0 Å². The van der Waals surface area contributed by atoms with Crippen LogP contribution in [0.4, 0.5) is 20.6 Å². The Bertz CT molecular complexity index is 860. The molecule has 0 spiro atoms. The summed E-state index contributed by atoms with van der Waals surface area (Å²) in [6, 6.07) is 8.56. The molecule has 0 fully saturated rings. The second-order valence-corrected chi connectivity index (χ2v) is 5.64. The van der Waals surface area contributed by atoms with Gasteiger partial charge in [0.15, 0.2) is 6.10 Å². The Kier molecular flexibility index (Phi) is 6.13. The second kappa shape index (κ2) is 8.30. The summed E-state index contributed by atoms with van der Waals surface area (Å²) >= 11 is 5.83. The predicted octanol–water partition coefficient (Wildman–Crippen LogP) is 3.15. The lowest BCUT2D eigenvalue weighted by molar-refractivity contribution is -0.123. The van der Waals surface area contributed by atoms with Crippen LogP contribution in [0, 0.1) is 5.82 Å². The Labute approximate surface area is 153 Å².